The van der Waals surface area contributed by atoms with Crippen LogP contribution in [0.3, 0.4) is 0 Å². The van der Waals surface area contributed by atoms with E-state index in [4.69, 9.17) is 4.74 Å². The minimum Gasteiger partial charge on any atom is -0.493 e. The molecule has 0 saturated heterocycles. The zero-order chi connectivity index (χ0) is 12.9. The first-order valence-electron chi connectivity index (χ1n) is 6.33. The molecule has 0 spiro atoms. The number of hydrogen-bond donors (Lipinski definition) is 1. The Kier molecular flexibility index (Phi) is 3.15. The number of hydrogen-bond acceptors (Lipinski definition) is 3. The van der Waals surface area contributed by atoms with Gasteiger partial charge in [0, 0.05) is 33.0 Å². The fourth-order valence-electron chi connectivity index (χ4n) is 3.02. The van der Waals surface area contributed by atoms with Gasteiger partial charge in [0.15, 0.2) is 0 Å². The molecule has 2 nitrogen and oxygen atoms in total. The highest BCUT2D eigenvalue weighted by Gasteiger charge is 2.39. The molecule has 1 unspecified atom stereocenters. The Hall–Kier alpha value is -0.190. The van der Waals surface area contributed by atoms with Gasteiger partial charge in [-0.3, -0.25) is 0 Å². The maximum absolute atomic E-state index is 5.85. The Morgan fingerprint density at radius 2 is 2.28 bits per heavy atom. The lowest BCUT2D eigenvalue weighted by atomic mass is 9.89. The minimum atomic E-state index is 0.205. The summed E-state index contributed by atoms with van der Waals surface area (Å²) in [6.07, 6.45) is 1.04. The maximum Gasteiger partial charge on any atom is 0.127 e. The highest BCUT2D eigenvalue weighted by molar-refractivity contribution is 9.10. The summed E-state index contributed by atoms with van der Waals surface area (Å²) in [4.78, 5) is 0. The van der Waals surface area contributed by atoms with Crippen molar-refractivity contribution in [2.24, 2.45) is 0 Å². The zero-order valence-electron chi connectivity index (χ0n) is 11.0. The predicted octanol–water partition coefficient (Wildman–Crippen LogP) is 3.67. The van der Waals surface area contributed by atoms with Gasteiger partial charge in [0.05, 0.1) is 6.61 Å². The first-order chi connectivity index (χ1) is 8.54. The van der Waals surface area contributed by atoms with Gasteiger partial charge < -0.3 is 10.1 Å². The van der Waals surface area contributed by atoms with Gasteiger partial charge in [-0.15, -0.1) is 11.8 Å². The van der Waals surface area contributed by atoms with E-state index in [9.17, 15) is 0 Å². The Labute approximate surface area is 121 Å². The van der Waals surface area contributed by atoms with Crippen molar-refractivity contribution in [3.8, 4) is 5.75 Å². The second-order valence-electron chi connectivity index (χ2n) is 5.45. The summed E-state index contributed by atoms with van der Waals surface area (Å²) < 4.78 is 7.29. The Morgan fingerprint density at radius 1 is 1.50 bits per heavy atom. The number of nitrogens with one attached hydrogen (secondary N) is 1. The van der Waals surface area contributed by atoms with Gasteiger partial charge in [-0.25, -0.2) is 0 Å². The summed E-state index contributed by atoms with van der Waals surface area (Å²) in [5.41, 5.74) is 4.14. The molecular formula is C14H18BrNOS. The summed E-state index contributed by atoms with van der Waals surface area (Å²) in [5.74, 6) is 2.19. The van der Waals surface area contributed by atoms with E-state index in [2.05, 4.69) is 41.2 Å². The van der Waals surface area contributed by atoms with Gasteiger partial charge >= 0.3 is 0 Å². The van der Waals surface area contributed by atoms with Crippen LogP contribution in [0.5, 0.6) is 5.75 Å². The molecule has 2 aliphatic rings. The number of rotatable bonds is 1. The Bertz CT molecular complexity index is 501. The topological polar surface area (TPSA) is 21.3 Å². The van der Waals surface area contributed by atoms with E-state index in [1.165, 1.54) is 21.2 Å². The van der Waals surface area contributed by atoms with Gasteiger partial charge in [-0.05, 0) is 38.1 Å². The second-order valence-corrected chi connectivity index (χ2v) is 7.94. The van der Waals surface area contributed by atoms with E-state index in [0.29, 0.717) is 6.04 Å². The van der Waals surface area contributed by atoms with Crippen LogP contribution in [-0.2, 0) is 12.2 Å². The molecule has 0 radical (unpaired) electrons. The summed E-state index contributed by atoms with van der Waals surface area (Å²) >= 11 is 5.77. The molecule has 1 atom stereocenters. The second kappa shape index (κ2) is 4.43. The highest BCUT2D eigenvalue weighted by atomic mass is 79.9. The molecule has 0 aromatic heterocycles. The first kappa shape index (κ1) is 12.8. The van der Waals surface area contributed by atoms with Crippen LogP contribution in [0.4, 0.5) is 0 Å². The van der Waals surface area contributed by atoms with E-state index < -0.39 is 0 Å². The van der Waals surface area contributed by atoms with Crippen molar-refractivity contribution < 1.29 is 4.74 Å². The monoisotopic (exact) mass is 327 g/mol. The molecule has 0 aliphatic carbocycles. The van der Waals surface area contributed by atoms with Crippen LogP contribution in [0.1, 0.15) is 36.6 Å². The third-order valence-corrected chi connectivity index (χ3v) is 6.00. The Morgan fingerprint density at radius 3 is 3.00 bits per heavy atom. The summed E-state index contributed by atoms with van der Waals surface area (Å²) in [6.45, 7) is 5.45. The lowest BCUT2D eigenvalue weighted by Crippen LogP contribution is -2.38. The lowest BCUT2D eigenvalue weighted by molar-refractivity contribution is 0.352. The molecule has 18 heavy (non-hydrogen) atoms. The molecule has 2 heterocycles. The van der Waals surface area contributed by atoms with E-state index in [0.717, 1.165) is 24.5 Å². The predicted molar refractivity (Wildman–Crippen MR) is 80.5 cm³/mol. The van der Waals surface area contributed by atoms with E-state index >= 15 is 0 Å². The molecule has 3 rings (SSSR count). The van der Waals surface area contributed by atoms with Crippen molar-refractivity contribution in [3.05, 3.63) is 27.2 Å². The van der Waals surface area contributed by atoms with E-state index in [1.54, 1.807) is 0 Å². The van der Waals surface area contributed by atoms with Gasteiger partial charge in [-0.1, -0.05) is 15.9 Å². The molecular weight excluding hydrogens is 310 g/mol. The number of thioether (sulfide) groups is 1. The van der Waals surface area contributed by atoms with E-state index in [-0.39, 0.29) is 4.75 Å². The van der Waals surface area contributed by atoms with Crippen LogP contribution in [-0.4, -0.2) is 18.4 Å². The van der Waals surface area contributed by atoms with Crippen molar-refractivity contribution in [2.45, 2.75) is 36.8 Å². The largest absolute Gasteiger partial charge is 0.493 e. The molecule has 0 saturated carbocycles. The van der Waals surface area contributed by atoms with Crippen molar-refractivity contribution in [1.82, 2.24) is 5.32 Å². The number of benzene rings is 1. The SMILES string of the molecule is CNC1c2c(Br)cc3c(c2CSC1(C)C)OCC3. The van der Waals surface area contributed by atoms with Crippen LogP contribution < -0.4 is 10.1 Å². The molecule has 0 fully saturated rings. The van der Waals surface area contributed by atoms with E-state index in [1.807, 2.05) is 18.8 Å². The smallest absolute Gasteiger partial charge is 0.127 e. The van der Waals surface area contributed by atoms with Crippen LogP contribution >= 0.6 is 27.7 Å². The van der Waals surface area contributed by atoms with Crippen LogP contribution in [0.2, 0.25) is 0 Å². The quantitative estimate of drug-likeness (QED) is 0.850. The van der Waals surface area contributed by atoms with Gasteiger partial charge in [0.1, 0.15) is 5.75 Å². The molecule has 98 valence electrons. The number of ether oxygens (including phenoxy) is 1. The molecule has 4 heteroatoms. The van der Waals surface area contributed by atoms with Crippen molar-refractivity contribution in [3.63, 3.8) is 0 Å². The van der Waals surface area contributed by atoms with Crippen molar-refractivity contribution in [1.29, 1.82) is 0 Å². The van der Waals surface area contributed by atoms with Crippen LogP contribution in [0.25, 0.3) is 0 Å². The van der Waals surface area contributed by atoms with Gasteiger partial charge in [-0.2, -0.15) is 0 Å². The molecule has 0 bridgehead atoms. The maximum atomic E-state index is 5.85. The third-order valence-electron chi connectivity index (χ3n) is 3.93. The molecule has 2 aliphatic heterocycles. The standard InChI is InChI=1S/C14H18BrNOS/c1-14(2)13(16-3)11-9(7-18-14)12-8(4-5-17-12)6-10(11)15/h6,13,16H,4-5,7H2,1-3H3. The molecule has 1 aromatic rings. The summed E-state index contributed by atoms with van der Waals surface area (Å²) in [5, 5.41) is 3.48. The van der Waals surface area contributed by atoms with Gasteiger partial charge in [0.25, 0.3) is 0 Å². The minimum absolute atomic E-state index is 0.205. The summed E-state index contributed by atoms with van der Waals surface area (Å²) in [6, 6.07) is 2.60. The normalized spacial score (nSPS) is 24.3. The highest BCUT2D eigenvalue weighted by Crippen LogP contribution is 2.51. The third kappa shape index (κ3) is 1.81. The first-order valence-corrected chi connectivity index (χ1v) is 8.10. The molecule has 1 N–H and O–H groups in total. The Balaban J connectivity index is 2.20. The van der Waals surface area contributed by atoms with Crippen molar-refractivity contribution in [2.75, 3.05) is 13.7 Å². The lowest BCUT2D eigenvalue weighted by Gasteiger charge is -2.40. The van der Waals surface area contributed by atoms with Crippen molar-refractivity contribution >= 4 is 27.7 Å². The van der Waals surface area contributed by atoms with Crippen LogP contribution in [0.15, 0.2) is 10.5 Å². The zero-order valence-corrected chi connectivity index (χ0v) is 13.4. The average Bonchev–Trinajstić information content (AvgIpc) is 2.76. The summed E-state index contributed by atoms with van der Waals surface area (Å²) in [7, 11) is 2.04. The molecule has 1 aromatic carbocycles. The average molecular weight is 328 g/mol. The molecule has 0 amide bonds. The fraction of sp³-hybridized carbons (Fsp3) is 0.571. The van der Waals surface area contributed by atoms with Crippen LogP contribution in [0, 0.1) is 0 Å². The number of halogens is 1. The fourth-order valence-corrected chi connectivity index (χ4v) is 4.97. The van der Waals surface area contributed by atoms with Gasteiger partial charge in [0.2, 0.25) is 0 Å². The number of fused-ring (bicyclic) bond motifs is 3.